The van der Waals surface area contributed by atoms with Gasteiger partial charge in [0.1, 0.15) is 29.5 Å². The van der Waals surface area contributed by atoms with E-state index in [0.717, 1.165) is 161 Å². The number of aliphatic hydroxyl groups is 3. The zero-order chi connectivity index (χ0) is 97.0. The van der Waals surface area contributed by atoms with Gasteiger partial charge in [0.25, 0.3) is 17.7 Å². The molecule has 6 aliphatic heterocycles. The maximum Gasteiger partial charge on any atom is 0.411 e. The third kappa shape index (κ3) is 22.1. The number of sulfonamides is 1. The topological polar surface area (TPSA) is 263 Å². The summed E-state index contributed by atoms with van der Waals surface area (Å²) in [4.78, 5) is 47.6. The van der Waals surface area contributed by atoms with Gasteiger partial charge in [0.15, 0.2) is 0 Å². The Morgan fingerprint density at radius 3 is 1.10 bits per heavy atom. The summed E-state index contributed by atoms with van der Waals surface area (Å²) < 4.78 is 128. The maximum atomic E-state index is 13.8. The number of fused-ring (bicyclic) bond motifs is 12. The number of carbonyl (C=O) groups excluding carboxylic acids is 3. The summed E-state index contributed by atoms with van der Waals surface area (Å²) in [5.41, 5.74) is 7.78. The predicted molar refractivity (Wildman–Crippen MR) is 560 cm³/mol. The van der Waals surface area contributed by atoms with E-state index in [1.165, 1.54) is 22.3 Å². The summed E-state index contributed by atoms with van der Waals surface area (Å²) >= 11 is 19.3. The van der Waals surface area contributed by atoms with Crippen molar-refractivity contribution in [2.24, 2.45) is 64.1 Å². The Labute approximate surface area is 839 Å². The van der Waals surface area contributed by atoms with Crippen molar-refractivity contribution in [1.82, 2.24) is 14.2 Å². The maximum absolute atomic E-state index is 13.8. The standard InChI is InChI=1S/C36H44ClF3N2O5S.C36H47ClN2O4S.C35H45ClN2O5S.3CH4/c1-23-6-4-15-35(20-43,47-22-36(38,39)40)30-11-8-27(30)18-42-19-34(14-5-7-25-16-28(37)10-12-29(25)34)21-46-32-13-9-26(17-31(32)42)33(44)41-48(3,45)24(23)2;1-5-35(22-40)16-6-8-24(2)25(3)44(4,42)38-34(41)27-11-15-33-32(19-27)39(20-28-10-13-31(28)35)21-36(23-43-33)17-7-9-26-18-29(37)12-14-30(26)36;1-4-34(21-39)15-5-7-23(2)24(3)44(41,42)37-33(40)26-10-14-32-31(18-26)38(19-27-9-12-30(27)34)20-35(22-43-32)16-6-8-25-17-28(36)11-13-29(25)35;;;/h4,9-10,12-13,15-17,23-24,27,30,43H,3,5-8,11,14,18-22H2,1-2H3,(H,41,44,45);6,11-12,14-16,18-19,24-25,28,31,40H,4-5,7-10,13,17,20-23H2,1-3H3,(H,38,41,42);5,10-11,13-15,17-18,23-24,27,30,39H,4,6-9,12,16,19-22H2,1-3H3,(H,37,40);3*1H4/b15-4+;16-6+;15-5+;;;/t23-,24+,27-,30+,34-,35+,48?;24-,25+,28-,31+,35-,36-,44?;23-,24+,27-,30+,34+,35-;;;/m000.../s1. The van der Waals surface area contributed by atoms with Gasteiger partial charge in [-0.3, -0.25) is 23.8 Å². The fraction of sp³-hybridized carbons (Fsp3) is 0.573. The molecule has 3 amide bonds. The fourth-order valence-corrected chi connectivity index (χ4v) is 29.3. The van der Waals surface area contributed by atoms with Crippen LogP contribution < -0.4 is 43.1 Å². The number of alkyl halides is 3. The minimum absolute atomic E-state index is 0. The van der Waals surface area contributed by atoms with Crippen molar-refractivity contribution in [2.75, 3.05) is 100 Å². The van der Waals surface area contributed by atoms with Gasteiger partial charge >= 0.3 is 6.18 Å². The number of allylic oxidation sites excluding steroid dienone is 3. The molecule has 20 nitrogen and oxygen atoms in total. The van der Waals surface area contributed by atoms with Crippen LogP contribution in [-0.4, -0.2) is 175 Å². The molecule has 6 aromatic rings. The van der Waals surface area contributed by atoms with E-state index in [1.54, 1.807) is 62.4 Å². The SMILES string of the molecule is C.C.C.C=S1(=O)NC(=O)c2ccc3c(c2)N(C[C@@H]2CC[C@H]2[C@@](CO)(OCC(F)(F)F)/C=C/C[C@H](C)[C@H]1C)C[C@@]1(CCCc2cc(Cl)ccc21)CO3.C=S1(=O)NC(=O)c2ccc3c(c2)N(C[C@@H]2CC[C@H]2[C@](CC)(CO)/C=C/C[C@H](C)[C@H]1C)C[C@@]1(CCCc2cc(Cl)ccc21)CO3.CC[C@]1(CO)/C=C/C[C@H](C)[C@@H](C)S(=O)(=O)NC(=O)c2ccc3c(c2)N(C[C@@H]2CC[C@H]21)C[C@@]1(CCCc2cc(Cl)ccc21)CO3. The van der Waals surface area contributed by atoms with Crippen molar-refractivity contribution in [1.29, 1.82) is 0 Å². The second-order valence-corrected chi connectivity index (χ2v) is 50.1. The highest BCUT2D eigenvalue weighted by atomic mass is 35.5. The monoisotopic (exact) mass is 2030 g/mol. The van der Waals surface area contributed by atoms with Crippen LogP contribution in [0.4, 0.5) is 30.2 Å². The van der Waals surface area contributed by atoms with Gasteiger partial charge in [0, 0.05) is 109 Å². The lowest BCUT2D eigenvalue weighted by Crippen LogP contribution is -2.55. The van der Waals surface area contributed by atoms with E-state index in [9.17, 15) is 59.7 Å². The number of hydrogen-bond acceptors (Lipinski definition) is 17. The average molecular weight is 2040 g/mol. The summed E-state index contributed by atoms with van der Waals surface area (Å²) in [6.45, 7) is 18.9. The largest absolute Gasteiger partial charge is 0.490 e. The Morgan fingerprint density at radius 2 is 0.784 bits per heavy atom. The third-order valence-electron chi connectivity index (χ3n) is 34.0. The highest BCUT2D eigenvalue weighted by molar-refractivity contribution is 7.99. The van der Waals surface area contributed by atoms with E-state index in [-0.39, 0.29) is 92.0 Å². The molecular weight excluding hydrogens is 1890 g/mol. The van der Waals surface area contributed by atoms with Gasteiger partial charge in [0.05, 0.1) is 81.4 Å². The quantitative estimate of drug-likeness (QED) is 0.0641. The van der Waals surface area contributed by atoms with Crippen LogP contribution in [0.15, 0.2) is 146 Å². The second-order valence-electron chi connectivity index (χ2n) is 42.0. The van der Waals surface area contributed by atoms with Gasteiger partial charge in [-0.25, -0.2) is 21.6 Å². The number of carbonyl (C=O) groups is 3. The number of nitrogens with one attached hydrogen (secondary N) is 3. The number of amides is 3. The number of aliphatic hydroxyl groups excluding tert-OH is 3. The zero-order valence-corrected chi connectivity index (χ0v) is 84.4. The molecule has 6 heterocycles. The molecule has 3 spiro atoms. The predicted octanol–water partition coefficient (Wildman–Crippen LogP) is 21.2. The van der Waals surface area contributed by atoms with Gasteiger partial charge < -0.3 is 49.0 Å². The summed E-state index contributed by atoms with van der Waals surface area (Å²) in [7, 11) is -9.97. The average Bonchev–Trinajstić information content (AvgIpc) is 1.72. The lowest BCUT2D eigenvalue weighted by molar-refractivity contribution is -0.221. The lowest BCUT2D eigenvalue weighted by Gasteiger charge is -2.50. The molecule has 3 saturated carbocycles. The first-order chi connectivity index (χ1) is 64.7. The minimum Gasteiger partial charge on any atom is -0.490 e. The number of anilines is 3. The van der Waals surface area contributed by atoms with E-state index in [4.69, 9.17) is 53.8 Å². The van der Waals surface area contributed by atoms with Crippen LogP contribution >= 0.6 is 34.8 Å². The van der Waals surface area contributed by atoms with Gasteiger partial charge in [-0.05, 0) is 339 Å². The molecular formula is C110H148Cl3F3N6O14S3. The number of rotatable bonds is 7. The summed E-state index contributed by atoms with van der Waals surface area (Å²) in [6.07, 6.45) is 24.9. The second kappa shape index (κ2) is 43.3. The molecule has 6 N–H and O–H groups in total. The molecule has 6 bridgehead atoms. The molecule has 762 valence electrons. The van der Waals surface area contributed by atoms with Crippen LogP contribution in [0.1, 0.15) is 251 Å². The third-order valence-corrected chi connectivity index (χ3v) is 41.0. The number of ether oxygens (including phenoxy) is 4. The molecule has 12 aliphatic rings. The Hall–Kier alpha value is -7.76. The van der Waals surface area contributed by atoms with Crippen LogP contribution in [0.5, 0.6) is 17.2 Å². The molecule has 20 atom stereocenters. The zero-order valence-electron chi connectivity index (χ0n) is 79.7. The van der Waals surface area contributed by atoms with E-state index < -0.39 is 88.1 Å². The Bertz CT molecular complexity index is 5680. The highest BCUT2D eigenvalue weighted by Crippen LogP contribution is 2.57. The number of aryl methyl sites for hydroxylation is 3. The Balaban J connectivity index is 0.000000174. The number of nitrogens with zero attached hydrogens (tertiary/aromatic N) is 3. The fourth-order valence-electron chi connectivity index (χ4n) is 24.5. The molecule has 6 aromatic carbocycles. The molecule has 29 heteroatoms. The van der Waals surface area contributed by atoms with E-state index in [0.29, 0.717) is 128 Å². The van der Waals surface area contributed by atoms with Crippen molar-refractivity contribution in [3.8, 4) is 17.2 Å². The van der Waals surface area contributed by atoms with Gasteiger partial charge in [-0.15, -0.1) is 0 Å². The molecule has 6 aliphatic carbocycles. The minimum atomic E-state index is -4.58. The van der Waals surface area contributed by atoms with E-state index in [2.05, 4.69) is 116 Å². The van der Waals surface area contributed by atoms with Crippen LogP contribution in [0.25, 0.3) is 0 Å². The Morgan fingerprint density at radius 1 is 0.453 bits per heavy atom. The molecule has 3 fully saturated rings. The van der Waals surface area contributed by atoms with E-state index in [1.807, 2.05) is 63.2 Å². The summed E-state index contributed by atoms with van der Waals surface area (Å²) in [5, 5.41) is 32.9. The van der Waals surface area contributed by atoms with Crippen molar-refractivity contribution in [2.45, 2.75) is 250 Å². The van der Waals surface area contributed by atoms with Crippen molar-refractivity contribution in [3.63, 3.8) is 0 Å². The smallest absolute Gasteiger partial charge is 0.411 e. The summed E-state index contributed by atoms with van der Waals surface area (Å²) in [5.74, 6) is 8.86. The van der Waals surface area contributed by atoms with Gasteiger partial charge in [0.2, 0.25) is 10.0 Å². The molecule has 2 unspecified atom stereocenters. The van der Waals surface area contributed by atoms with Crippen LogP contribution in [0.2, 0.25) is 15.1 Å². The Kier molecular flexibility index (Phi) is 33.8. The number of benzene rings is 6. The van der Waals surface area contributed by atoms with Gasteiger partial charge in [-0.2, -0.15) is 13.2 Å². The van der Waals surface area contributed by atoms with Crippen LogP contribution in [-0.2, 0) is 69.7 Å². The molecule has 0 aromatic heterocycles. The normalized spacial score (nSPS) is 34.2. The number of halogens is 6. The van der Waals surface area contributed by atoms with Crippen LogP contribution in [0, 0.1) is 64.1 Å². The summed E-state index contributed by atoms with van der Waals surface area (Å²) in [6, 6.07) is 34.5. The first kappa shape index (κ1) is 108. The molecule has 139 heavy (non-hydrogen) atoms. The van der Waals surface area contributed by atoms with Crippen molar-refractivity contribution < 1.29 is 78.7 Å². The molecule has 18 rings (SSSR count). The van der Waals surface area contributed by atoms with Crippen molar-refractivity contribution >= 4 is 111 Å². The number of hydrogen-bond donors (Lipinski definition) is 6. The highest BCUT2D eigenvalue weighted by Gasteiger charge is 2.54. The van der Waals surface area contributed by atoms with Crippen molar-refractivity contribution in [3.05, 3.63) is 211 Å². The molecule has 0 saturated heterocycles. The van der Waals surface area contributed by atoms with E-state index >= 15 is 0 Å². The van der Waals surface area contributed by atoms with Crippen LogP contribution in [0.3, 0.4) is 0 Å². The first-order valence-electron chi connectivity index (χ1n) is 49.1. The van der Waals surface area contributed by atoms with Gasteiger partial charge in [-0.1, -0.05) is 146 Å². The lowest BCUT2D eigenvalue weighted by atomic mass is 9.58. The molecule has 0 radical (unpaired) electrons. The first-order valence-corrected chi connectivity index (χ1v) is 55.3.